The number of amides is 2. The molecule has 0 bridgehead atoms. The molecule has 2 aliphatic heterocycles. The molecule has 13 heteroatoms. The van der Waals surface area contributed by atoms with Gasteiger partial charge in [-0.25, -0.2) is 24.7 Å². The lowest BCUT2D eigenvalue weighted by Gasteiger charge is -2.21. The lowest BCUT2D eigenvalue weighted by Crippen LogP contribution is -2.36. The van der Waals surface area contributed by atoms with E-state index >= 15 is 0 Å². The van der Waals surface area contributed by atoms with E-state index in [-0.39, 0.29) is 24.7 Å². The van der Waals surface area contributed by atoms with Gasteiger partial charge in [-0.2, -0.15) is 0 Å². The minimum atomic E-state index is -2.65. The molecule has 10 nitrogen and oxygen atoms in total. The number of fused-ring (bicyclic) bond motifs is 1. The number of nitrogens with zero attached hydrogens (tertiary/aromatic N) is 5. The normalized spacial score (nSPS) is 17.3. The van der Waals surface area contributed by atoms with Crippen LogP contribution < -0.4 is 27.1 Å². The van der Waals surface area contributed by atoms with Gasteiger partial charge in [0, 0.05) is 49.3 Å². The number of thioether (sulfide) groups is 1. The topological polar surface area (TPSA) is 147 Å². The van der Waals surface area contributed by atoms with E-state index in [4.69, 9.17) is 17.3 Å². The third-order valence-electron chi connectivity index (χ3n) is 5.31. The molecule has 6 N–H and O–H groups in total. The Kier molecular flexibility index (Phi) is 8.46. The fraction of sp³-hybridized carbons (Fsp3) is 0.364. The summed E-state index contributed by atoms with van der Waals surface area (Å²) >= 11 is 1.58. The summed E-state index contributed by atoms with van der Waals surface area (Å²) in [4.78, 5) is 30.8. The maximum absolute atomic E-state index is 13.3. The summed E-state index contributed by atoms with van der Waals surface area (Å²) < 4.78 is 26.6. The van der Waals surface area contributed by atoms with Gasteiger partial charge >= 0.3 is 0 Å². The maximum Gasteiger partial charge on any atom is 0.285 e. The van der Waals surface area contributed by atoms with E-state index in [1.54, 1.807) is 40.9 Å². The number of aromatic nitrogens is 1. The fourth-order valence-electron chi connectivity index (χ4n) is 3.44. The molecule has 2 amide bonds. The predicted octanol–water partition coefficient (Wildman–Crippen LogP) is 1.51. The summed E-state index contributed by atoms with van der Waals surface area (Å²) in [6.07, 6.45) is 2.02. The second kappa shape index (κ2) is 11.3. The predicted molar refractivity (Wildman–Crippen MR) is 132 cm³/mol. The van der Waals surface area contributed by atoms with Gasteiger partial charge < -0.3 is 21.3 Å². The Morgan fingerprint density at radius 1 is 1.29 bits per heavy atom. The molecule has 0 unspecified atom stereocenters. The number of amidine groups is 1. The number of hydrogen-bond donors (Lipinski definition) is 3. The Bertz CT molecular complexity index is 1090. The zero-order valence-electron chi connectivity index (χ0n) is 19.2. The van der Waals surface area contributed by atoms with Crippen molar-refractivity contribution in [3.05, 3.63) is 48.2 Å². The molecule has 0 saturated carbocycles. The van der Waals surface area contributed by atoms with Crippen LogP contribution in [0.4, 0.5) is 20.3 Å². The van der Waals surface area contributed by atoms with Gasteiger partial charge in [0.05, 0.1) is 18.8 Å². The van der Waals surface area contributed by atoms with E-state index in [0.29, 0.717) is 25.3 Å². The van der Waals surface area contributed by atoms with Crippen molar-refractivity contribution < 1.29 is 18.4 Å². The summed E-state index contributed by atoms with van der Waals surface area (Å²) in [7, 11) is 1.72. The van der Waals surface area contributed by atoms with Crippen molar-refractivity contribution in [1.29, 1.82) is 0 Å². The molecule has 0 radical (unpaired) electrons. The van der Waals surface area contributed by atoms with Crippen molar-refractivity contribution in [2.75, 3.05) is 35.7 Å². The van der Waals surface area contributed by atoms with E-state index in [9.17, 15) is 18.4 Å². The second-order valence-corrected chi connectivity index (χ2v) is 9.16. The number of carbonyl (C=O) groups is 2. The highest BCUT2D eigenvalue weighted by Crippen LogP contribution is 2.37. The van der Waals surface area contributed by atoms with E-state index in [1.165, 1.54) is 0 Å². The highest BCUT2D eigenvalue weighted by atomic mass is 32.2. The third kappa shape index (κ3) is 7.26. The molecule has 4 rings (SSSR count). The van der Waals surface area contributed by atoms with Gasteiger partial charge in [0.25, 0.3) is 11.8 Å². The van der Waals surface area contributed by atoms with E-state index in [0.717, 1.165) is 27.0 Å². The number of pyridine rings is 1. The van der Waals surface area contributed by atoms with Crippen molar-refractivity contribution in [3.8, 4) is 0 Å². The van der Waals surface area contributed by atoms with Crippen molar-refractivity contribution >= 4 is 40.9 Å². The van der Waals surface area contributed by atoms with Crippen LogP contribution >= 0.6 is 11.8 Å². The van der Waals surface area contributed by atoms with Crippen molar-refractivity contribution in [2.24, 2.45) is 22.4 Å². The van der Waals surface area contributed by atoms with Crippen LogP contribution in [0.1, 0.15) is 18.4 Å². The first-order valence-corrected chi connectivity index (χ1v) is 11.8. The monoisotopic (exact) mass is 506 g/mol. The largest absolute Gasteiger partial charge is 0.378 e. The molecule has 0 spiro atoms. The molecular weight excluding hydrogens is 478 g/mol. The Morgan fingerprint density at radius 2 is 2.00 bits per heavy atom. The van der Waals surface area contributed by atoms with Gasteiger partial charge in [0.15, 0.2) is 0 Å². The number of nitrogens with two attached hydrogens (primary N) is 3. The van der Waals surface area contributed by atoms with Gasteiger partial charge in [0.1, 0.15) is 5.82 Å². The number of hydrazine groups is 1. The van der Waals surface area contributed by atoms with Gasteiger partial charge in [0.2, 0.25) is 11.7 Å². The first-order valence-electron chi connectivity index (χ1n) is 10.8. The summed E-state index contributed by atoms with van der Waals surface area (Å²) in [6, 6.07) is 11.2. The molecule has 2 aliphatic rings. The van der Waals surface area contributed by atoms with Gasteiger partial charge in [-0.1, -0.05) is 30.3 Å². The molecular formula is C22H28F2N8O2S. The zero-order chi connectivity index (χ0) is 25.6. The van der Waals surface area contributed by atoms with Gasteiger partial charge in [-0.15, -0.1) is 16.9 Å². The highest BCUT2D eigenvalue weighted by molar-refractivity contribution is 7.99. The number of halogens is 2. The number of anilines is 2. The number of benzene rings is 1. The van der Waals surface area contributed by atoms with Crippen LogP contribution in [0, 0.1) is 0 Å². The first kappa shape index (κ1) is 26.2. The number of rotatable bonds is 4. The quantitative estimate of drug-likeness (QED) is 0.245. The van der Waals surface area contributed by atoms with Crippen molar-refractivity contribution in [2.45, 2.75) is 30.2 Å². The lowest BCUT2D eigenvalue weighted by atomic mass is 10.2. The van der Waals surface area contributed by atoms with Crippen LogP contribution in [-0.2, 0) is 16.1 Å². The molecule has 1 aromatic carbocycles. The SMILES string of the molecule is CN1C(=O)CCSc2cnc(N3CCC(F)(F)C3)cc21.NC(=O)/C(N)=N/N(N)Cc1ccccc1. The summed E-state index contributed by atoms with van der Waals surface area (Å²) in [5.74, 6) is 3.03. The number of hydrazone groups is 1. The van der Waals surface area contributed by atoms with Crippen LogP contribution in [0.3, 0.4) is 0 Å². The fourth-order valence-corrected chi connectivity index (χ4v) is 4.41. The maximum atomic E-state index is 13.3. The molecule has 0 aliphatic carbocycles. The number of carbonyl (C=O) groups excluding carboxylic acids is 2. The van der Waals surface area contributed by atoms with Crippen LogP contribution in [0.5, 0.6) is 0 Å². The lowest BCUT2D eigenvalue weighted by molar-refractivity contribution is -0.118. The summed E-state index contributed by atoms with van der Waals surface area (Å²) in [6.45, 7) is 0.349. The minimum absolute atomic E-state index is 0.0418. The van der Waals surface area contributed by atoms with Gasteiger partial charge in [-0.3, -0.25) is 9.59 Å². The number of primary amides is 1. The van der Waals surface area contributed by atoms with E-state index < -0.39 is 11.8 Å². The Labute approximate surface area is 206 Å². The first-order chi connectivity index (χ1) is 16.6. The summed E-state index contributed by atoms with van der Waals surface area (Å²) in [5, 5.41) is 4.67. The van der Waals surface area contributed by atoms with Crippen LogP contribution in [0.15, 0.2) is 52.6 Å². The van der Waals surface area contributed by atoms with Crippen molar-refractivity contribution in [1.82, 2.24) is 10.1 Å². The summed E-state index contributed by atoms with van der Waals surface area (Å²) in [5.41, 5.74) is 11.8. The Morgan fingerprint density at radius 3 is 2.63 bits per heavy atom. The molecule has 35 heavy (non-hydrogen) atoms. The Hall–Kier alpha value is -3.45. The Balaban J connectivity index is 0.000000205. The van der Waals surface area contributed by atoms with Crippen molar-refractivity contribution in [3.63, 3.8) is 0 Å². The van der Waals surface area contributed by atoms with Gasteiger partial charge in [-0.05, 0) is 5.56 Å². The molecule has 2 aromatic rings. The molecule has 3 heterocycles. The smallest absolute Gasteiger partial charge is 0.285 e. The second-order valence-electron chi connectivity index (χ2n) is 8.02. The average molecular weight is 507 g/mol. The molecule has 0 atom stereocenters. The van der Waals surface area contributed by atoms with E-state index in [1.807, 2.05) is 30.3 Å². The zero-order valence-corrected chi connectivity index (χ0v) is 20.0. The molecule has 1 fully saturated rings. The number of hydrogen-bond acceptors (Lipinski definition) is 8. The third-order valence-corrected chi connectivity index (χ3v) is 6.34. The average Bonchev–Trinajstić information content (AvgIpc) is 3.12. The van der Waals surface area contributed by atoms with Crippen LogP contribution in [-0.4, -0.2) is 59.6 Å². The molecule has 1 aromatic heterocycles. The molecule has 1 saturated heterocycles. The minimum Gasteiger partial charge on any atom is -0.378 e. The van der Waals surface area contributed by atoms with E-state index in [2.05, 4.69) is 10.1 Å². The number of alkyl halides is 2. The van der Waals surface area contributed by atoms with Crippen LogP contribution in [0.2, 0.25) is 0 Å². The highest BCUT2D eigenvalue weighted by Gasteiger charge is 2.39. The molecule has 188 valence electrons. The van der Waals surface area contributed by atoms with Crippen LogP contribution in [0.25, 0.3) is 0 Å². The standard InChI is InChI=1S/C13H15F2N3OS.C9H13N5O/c1-17-9-6-11(18-4-3-13(14,15)8-18)16-7-10(9)20-5-2-12(17)19;10-8(9(11)15)13-14(12)6-7-4-2-1-3-5-7/h6-7H,2-5,8H2,1H3;1-5H,6,12H2,(H2,10,13)(H2,11,15).